The van der Waals surface area contributed by atoms with Crippen LogP contribution in [0.4, 0.5) is 4.79 Å². The van der Waals surface area contributed by atoms with Crippen LogP contribution in [0.2, 0.25) is 0 Å². The number of ether oxygens (including phenoxy) is 3. The fourth-order valence-corrected chi connectivity index (χ4v) is 3.31. The molecule has 0 spiro atoms. The smallest absolute Gasteiger partial charge is 0.408 e. The molecule has 0 aromatic rings. The Bertz CT molecular complexity index is 796. The van der Waals surface area contributed by atoms with Crippen molar-refractivity contribution in [2.45, 2.75) is 51.7 Å². The Hall–Kier alpha value is -2.97. The Kier molecular flexibility index (Phi) is 7.94. The molecule has 2 rings (SSSR count). The molecule has 31 heavy (non-hydrogen) atoms. The van der Waals surface area contributed by atoms with E-state index < -0.39 is 40.4 Å². The second-order valence-corrected chi connectivity index (χ2v) is 8.53. The predicted molar refractivity (Wildman–Crippen MR) is 111 cm³/mol. The molecule has 2 aliphatic rings. The van der Waals surface area contributed by atoms with E-state index in [9.17, 15) is 24.0 Å². The molecule has 4 atom stereocenters. The average Bonchev–Trinajstić information content (AvgIpc) is 3.59. The largest absolute Gasteiger partial charge is 0.468 e. The minimum Gasteiger partial charge on any atom is -0.468 e. The molecule has 0 aromatic carbocycles. The van der Waals surface area contributed by atoms with E-state index in [0.717, 1.165) is 7.11 Å². The number of methoxy groups -OCH3 is 2. The highest BCUT2D eigenvalue weighted by molar-refractivity contribution is 6.41. The number of rotatable bonds is 7. The van der Waals surface area contributed by atoms with Crippen LogP contribution in [-0.4, -0.2) is 55.0 Å². The molecule has 0 radical (unpaired) electrons. The third-order valence-corrected chi connectivity index (χ3v) is 5.28. The van der Waals surface area contributed by atoms with Crippen LogP contribution in [0.5, 0.6) is 0 Å². The summed E-state index contributed by atoms with van der Waals surface area (Å²) in [6.45, 7) is 13.9. The molecule has 0 bridgehead atoms. The third kappa shape index (κ3) is 5.59. The lowest BCUT2D eigenvalue weighted by atomic mass is 9.98. The predicted octanol–water partition coefficient (Wildman–Crippen LogP) is 2.14. The summed E-state index contributed by atoms with van der Waals surface area (Å²) >= 11 is 0. The minimum absolute atomic E-state index is 0.0255. The summed E-state index contributed by atoms with van der Waals surface area (Å²) in [7, 11) is 2.27. The number of amides is 1. The molecule has 9 nitrogen and oxygen atoms in total. The maximum Gasteiger partial charge on any atom is 0.408 e. The number of Topliss-reactive ketones (excluding diaryl/α,β-unsaturated/α-hetero) is 2. The van der Waals surface area contributed by atoms with Crippen LogP contribution >= 0.6 is 0 Å². The van der Waals surface area contributed by atoms with Gasteiger partial charge in [0.05, 0.1) is 14.2 Å². The quantitative estimate of drug-likeness (QED) is 0.211. The summed E-state index contributed by atoms with van der Waals surface area (Å²) in [5.41, 5.74) is -2.71. The number of hydrogen-bond donors (Lipinski definition) is 1. The molecule has 0 unspecified atom stereocenters. The van der Waals surface area contributed by atoms with Gasteiger partial charge in [0.1, 0.15) is 16.6 Å². The van der Waals surface area contributed by atoms with Crippen LogP contribution in [0.3, 0.4) is 0 Å². The summed E-state index contributed by atoms with van der Waals surface area (Å²) < 4.78 is 13.9. The van der Waals surface area contributed by atoms with Gasteiger partial charge in [-0.3, -0.25) is 14.4 Å². The van der Waals surface area contributed by atoms with Gasteiger partial charge >= 0.3 is 18.0 Å². The van der Waals surface area contributed by atoms with Crippen molar-refractivity contribution in [3.63, 3.8) is 0 Å². The highest BCUT2D eigenvalue weighted by Crippen LogP contribution is 2.55. The lowest BCUT2D eigenvalue weighted by molar-refractivity contribution is -0.161. The van der Waals surface area contributed by atoms with Crippen molar-refractivity contribution in [1.29, 1.82) is 0 Å². The van der Waals surface area contributed by atoms with Crippen molar-refractivity contribution >= 4 is 29.6 Å². The number of carbonyl (C=O) groups excluding carboxylic acids is 5. The van der Waals surface area contributed by atoms with E-state index in [0.29, 0.717) is 6.42 Å². The zero-order valence-electron chi connectivity index (χ0n) is 18.9. The SMILES string of the molecule is C=C[C@H]1C[C@@]1(NC(=O)OC(C)(C)C)C(C)=O.C=C[C@H]1C[C@]1(C(=O)OC)C(=O)C(=O)OC. The van der Waals surface area contributed by atoms with Crippen LogP contribution in [0, 0.1) is 17.3 Å². The summed E-state index contributed by atoms with van der Waals surface area (Å²) in [6.07, 6.45) is 3.49. The van der Waals surface area contributed by atoms with Crippen LogP contribution < -0.4 is 5.32 Å². The Morgan fingerprint density at radius 1 is 0.968 bits per heavy atom. The first-order valence-corrected chi connectivity index (χ1v) is 9.74. The number of alkyl carbamates (subject to hydrolysis) is 1. The molecular formula is C22H31NO8. The average molecular weight is 437 g/mol. The van der Waals surface area contributed by atoms with Gasteiger partial charge in [0.2, 0.25) is 0 Å². The zero-order chi connectivity index (χ0) is 24.2. The lowest BCUT2D eigenvalue weighted by Gasteiger charge is -2.22. The van der Waals surface area contributed by atoms with Crippen molar-refractivity contribution in [1.82, 2.24) is 5.32 Å². The molecule has 0 heterocycles. The molecule has 0 aliphatic heterocycles. The molecule has 0 aromatic heterocycles. The van der Waals surface area contributed by atoms with Crippen LogP contribution in [0.15, 0.2) is 25.3 Å². The maximum absolute atomic E-state index is 11.6. The van der Waals surface area contributed by atoms with Gasteiger partial charge in [-0.25, -0.2) is 9.59 Å². The van der Waals surface area contributed by atoms with Gasteiger partial charge in [-0.2, -0.15) is 0 Å². The van der Waals surface area contributed by atoms with Gasteiger partial charge in [0, 0.05) is 11.8 Å². The fourth-order valence-electron chi connectivity index (χ4n) is 3.31. The van der Waals surface area contributed by atoms with Gasteiger partial charge in [-0.15, -0.1) is 13.2 Å². The van der Waals surface area contributed by atoms with Crippen molar-refractivity contribution in [2.75, 3.05) is 14.2 Å². The number of esters is 2. The molecule has 0 saturated heterocycles. The van der Waals surface area contributed by atoms with E-state index in [1.165, 1.54) is 20.1 Å². The highest BCUT2D eigenvalue weighted by Gasteiger charge is 2.67. The topological polar surface area (TPSA) is 125 Å². The third-order valence-electron chi connectivity index (χ3n) is 5.28. The number of ketones is 2. The molecule has 2 aliphatic carbocycles. The van der Waals surface area contributed by atoms with Crippen molar-refractivity contribution < 1.29 is 38.2 Å². The molecule has 1 amide bonds. The summed E-state index contributed by atoms with van der Waals surface area (Å²) in [4.78, 5) is 57.1. The number of nitrogens with one attached hydrogen (secondary N) is 1. The molecule has 2 saturated carbocycles. The van der Waals surface area contributed by atoms with E-state index in [2.05, 4.69) is 27.9 Å². The summed E-state index contributed by atoms with van der Waals surface area (Å²) in [5, 5.41) is 2.64. The van der Waals surface area contributed by atoms with Gasteiger partial charge < -0.3 is 19.5 Å². The number of carbonyl (C=O) groups is 5. The van der Waals surface area contributed by atoms with Gasteiger partial charge in [0.15, 0.2) is 5.78 Å². The van der Waals surface area contributed by atoms with Gasteiger partial charge in [-0.05, 0) is 40.5 Å². The first-order chi connectivity index (χ1) is 14.2. The van der Waals surface area contributed by atoms with E-state index in [1.807, 2.05) is 0 Å². The first-order valence-electron chi connectivity index (χ1n) is 9.74. The fraction of sp³-hybridized carbons (Fsp3) is 0.591. The molecule has 9 heteroatoms. The Morgan fingerprint density at radius 3 is 1.84 bits per heavy atom. The maximum atomic E-state index is 11.6. The highest BCUT2D eigenvalue weighted by atomic mass is 16.6. The van der Waals surface area contributed by atoms with Crippen molar-refractivity contribution in [3.8, 4) is 0 Å². The monoisotopic (exact) mass is 437 g/mol. The van der Waals surface area contributed by atoms with Crippen LogP contribution in [-0.2, 0) is 33.4 Å². The zero-order valence-corrected chi connectivity index (χ0v) is 18.9. The Balaban J connectivity index is 0.000000311. The summed E-state index contributed by atoms with van der Waals surface area (Å²) in [6, 6.07) is 0. The molecule has 1 N–H and O–H groups in total. The Morgan fingerprint density at radius 2 is 1.52 bits per heavy atom. The number of allylic oxidation sites excluding steroid dienone is 1. The van der Waals surface area contributed by atoms with Crippen LogP contribution in [0.1, 0.15) is 40.5 Å². The Labute approximate surface area is 182 Å². The van der Waals surface area contributed by atoms with Crippen molar-refractivity contribution in [2.24, 2.45) is 17.3 Å². The van der Waals surface area contributed by atoms with Crippen molar-refractivity contribution in [3.05, 3.63) is 25.3 Å². The lowest BCUT2D eigenvalue weighted by Crippen LogP contribution is -2.46. The van der Waals surface area contributed by atoms with E-state index in [1.54, 1.807) is 26.8 Å². The van der Waals surface area contributed by atoms with Crippen LogP contribution in [0.25, 0.3) is 0 Å². The summed E-state index contributed by atoms with van der Waals surface area (Å²) in [5.74, 6) is -2.95. The van der Waals surface area contributed by atoms with E-state index in [-0.39, 0.29) is 24.0 Å². The molecular weight excluding hydrogens is 406 g/mol. The van der Waals surface area contributed by atoms with E-state index >= 15 is 0 Å². The second-order valence-electron chi connectivity index (χ2n) is 8.53. The minimum atomic E-state index is -1.39. The first kappa shape index (κ1) is 26.1. The molecule has 172 valence electrons. The van der Waals surface area contributed by atoms with Gasteiger partial charge in [0.25, 0.3) is 5.78 Å². The normalized spacial score (nSPS) is 27.9. The number of hydrogen-bond acceptors (Lipinski definition) is 8. The molecule has 2 fully saturated rings. The van der Waals surface area contributed by atoms with E-state index in [4.69, 9.17) is 4.74 Å². The van der Waals surface area contributed by atoms with Gasteiger partial charge in [-0.1, -0.05) is 12.2 Å². The standard InChI is InChI=1S/C12H19NO3.C10H12O5/c1-6-9-7-12(9,8(2)14)13-10(15)16-11(3,4)5;1-4-6-5-10(6,9(13)15-3)7(11)8(12)14-2/h6,9H,1,7H2,2-5H3,(H,13,15);4,6H,1,5H2,2-3H3/t9-,12+;6-,10+/m00/s1. The second kappa shape index (κ2) is 9.45.